The number of nitrogens with zero attached hydrogens (tertiary/aromatic N) is 5. The summed E-state index contributed by atoms with van der Waals surface area (Å²) in [5, 5.41) is 13.7. The largest absolute Gasteiger partial charge is 0.445 e. The lowest BCUT2D eigenvalue weighted by Gasteiger charge is -2.31. The predicted molar refractivity (Wildman–Crippen MR) is 130 cm³/mol. The molecule has 1 aromatic carbocycles. The average Bonchev–Trinajstić information content (AvgIpc) is 3.64. The van der Waals surface area contributed by atoms with E-state index >= 15 is 0 Å². The monoisotopic (exact) mass is 548 g/mol. The second-order valence-electron chi connectivity index (χ2n) is 8.33. The number of halogens is 3. The Balaban J connectivity index is 1.21. The molecule has 1 aliphatic heterocycles. The number of likely N-dealkylation sites (tertiary alicyclic amines) is 1. The Bertz CT molecular complexity index is 1420. The Morgan fingerprint density at radius 1 is 1.14 bits per heavy atom. The van der Waals surface area contributed by atoms with Crippen molar-refractivity contribution in [2.75, 3.05) is 18.4 Å². The maximum absolute atomic E-state index is 13.3. The summed E-state index contributed by atoms with van der Waals surface area (Å²) in [6.07, 6.45) is -3.33. The molecule has 1 N–H and O–H groups in total. The van der Waals surface area contributed by atoms with Crippen LogP contribution in [0.4, 0.5) is 18.3 Å². The molecule has 0 atom stereocenters. The Morgan fingerprint density at radius 3 is 2.54 bits per heavy atom. The van der Waals surface area contributed by atoms with Gasteiger partial charge in [0.1, 0.15) is 22.7 Å². The van der Waals surface area contributed by atoms with Crippen molar-refractivity contribution < 1.29 is 27.3 Å². The first-order chi connectivity index (χ1) is 17.7. The first kappa shape index (κ1) is 25.0. The van der Waals surface area contributed by atoms with Crippen molar-refractivity contribution in [3.63, 3.8) is 0 Å². The molecule has 1 saturated heterocycles. The second-order valence-corrected chi connectivity index (χ2v) is 10.2. The van der Waals surface area contributed by atoms with Gasteiger partial charge >= 0.3 is 6.18 Å². The van der Waals surface area contributed by atoms with Crippen LogP contribution in [0.5, 0.6) is 0 Å². The van der Waals surface area contributed by atoms with Crippen LogP contribution in [0.2, 0.25) is 0 Å². The van der Waals surface area contributed by atoms with Crippen molar-refractivity contribution in [2.24, 2.45) is 0 Å². The molecule has 0 saturated carbocycles. The molecule has 0 aliphatic carbocycles. The van der Waals surface area contributed by atoms with Crippen LogP contribution in [0.25, 0.3) is 11.3 Å². The number of benzene rings is 1. The predicted octanol–water partition coefficient (Wildman–Crippen LogP) is 5.25. The maximum atomic E-state index is 13.3. The van der Waals surface area contributed by atoms with E-state index in [4.69, 9.17) is 4.52 Å². The SMILES string of the molecule is Cc1onc(-c2ccccc2)c1C(=O)N1CCC(c2nc(C(=O)Nc3nnc(C(F)(F)F)s3)cs2)CC1. The molecule has 3 aromatic heterocycles. The van der Waals surface area contributed by atoms with E-state index in [9.17, 15) is 22.8 Å². The van der Waals surface area contributed by atoms with Crippen molar-refractivity contribution in [1.82, 2.24) is 25.2 Å². The van der Waals surface area contributed by atoms with Crippen molar-refractivity contribution in [3.05, 3.63) is 62.7 Å². The zero-order chi connectivity index (χ0) is 26.2. The minimum Gasteiger partial charge on any atom is -0.360 e. The van der Waals surface area contributed by atoms with E-state index in [1.165, 1.54) is 11.3 Å². The number of hydrogen-bond acceptors (Lipinski definition) is 9. The maximum Gasteiger partial charge on any atom is 0.445 e. The number of nitrogens with one attached hydrogen (secondary N) is 1. The Morgan fingerprint density at radius 2 is 1.86 bits per heavy atom. The fraction of sp³-hybridized carbons (Fsp3) is 0.304. The first-order valence-electron chi connectivity index (χ1n) is 11.2. The number of rotatable bonds is 5. The van der Waals surface area contributed by atoms with E-state index in [0.717, 1.165) is 10.6 Å². The Kier molecular flexibility index (Phi) is 6.77. The number of hydrogen-bond donors (Lipinski definition) is 1. The Hall–Kier alpha value is -3.65. The number of aromatic nitrogens is 4. The van der Waals surface area contributed by atoms with Gasteiger partial charge in [0.15, 0.2) is 0 Å². The second kappa shape index (κ2) is 10.0. The lowest BCUT2D eigenvalue weighted by Crippen LogP contribution is -2.38. The highest BCUT2D eigenvalue weighted by molar-refractivity contribution is 7.15. The van der Waals surface area contributed by atoms with Crippen molar-refractivity contribution in [2.45, 2.75) is 31.9 Å². The summed E-state index contributed by atoms with van der Waals surface area (Å²) in [5.41, 5.74) is 1.85. The lowest BCUT2D eigenvalue weighted by molar-refractivity contribution is -0.138. The highest BCUT2D eigenvalue weighted by Gasteiger charge is 2.36. The van der Waals surface area contributed by atoms with Crippen LogP contribution in [0.15, 0.2) is 40.2 Å². The zero-order valence-electron chi connectivity index (χ0n) is 19.3. The van der Waals surface area contributed by atoms with Crippen molar-refractivity contribution in [1.29, 1.82) is 0 Å². The van der Waals surface area contributed by atoms with Gasteiger partial charge in [0.25, 0.3) is 11.8 Å². The number of aryl methyl sites for hydroxylation is 1. The average molecular weight is 549 g/mol. The van der Waals surface area contributed by atoms with Gasteiger partial charge in [-0.05, 0) is 19.8 Å². The fourth-order valence-corrected chi connectivity index (χ4v) is 5.61. The van der Waals surface area contributed by atoms with Crippen LogP contribution < -0.4 is 5.32 Å². The molecule has 192 valence electrons. The molecule has 0 radical (unpaired) electrons. The van der Waals surface area contributed by atoms with E-state index < -0.39 is 17.1 Å². The standard InChI is InChI=1S/C23H19F3N6O3S2/c1-12-16(17(31-35-12)13-5-3-2-4-6-13)20(34)32-9-7-14(8-10-32)19-27-15(11-36-19)18(33)28-22-30-29-21(37-22)23(24,25)26/h2-6,11,14H,7-10H2,1H3,(H,28,30,33). The minimum absolute atomic E-state index is 0.0473. The molecule has 0 bridgehead atoms. The number of thiazole rings is 1. The molecule has 0 unspecified atom stereocenters. The van der Waals surface area contributed by atoms with E-state index in [1.807, 2.05) is 30.3 Å². The minimum atomic E-state index is -4.62. The third-order valence-corrected chi connectivity index (χ3v) is 7.79. The first-order valence-corrected chi connectivity index (χ1v) is 12.9. The summed E-state index contributed by atoms with van der Waals surface area (Å²) in [4.78, 5) is 31.9. The van der Waals surface area contributed by atoms with E-state index in [0.29, 0.717) is 42.9 Å². The van der Waals surface area contributed by atoms with Gasteiger partial charge < -0.3 is 9.42 Å². The van der Waals surface area contributed by atoms with Crippen LogP contribution in [-0.4, -0.2) is 50.1 Å². The molecular formula is C23H19F3N6O3S2. The molecule has 2 amide bonds. The summed E-state index contributed by atoms with van der Waals surface area (Å²) < 4.78 is 43.4. The van der Waals surface area contributed by atoms with E-state index in [-0.39, 0.29) is 34.0 Å². The summed E-state index contributed by atoms with van der Waals surface area (Å²) in [7, 11) is 0. The van der Waals surface area contributed by atoms with Gasteiger partial charge in [0.05, 0.1) is 5.01 Å². The molecule has 1 aliphatic rings. The lowest BCUT2D eigenvalue weighted by atomic mass is 9.96. The van der Waals surface area contributed by atoms with Crippen LogP contribution in [0, 0.1) is 6.92 Å². The van der Waals surface area contributed by atoms with Gasteiger partial charge in [-0.2, -0.15) is 13.2 Å². The van der Waals surface area contributed by atoms with Gasteiger partial charge in [0.2, 0.25) is 10.1 Å². The number of amides is 2. The molecule has 37 heavy (non-hydrogen) atoms. The van der Waals surface area contributed by atoms with Crippen molar-refractivity contribution >= 4 is 39.6 Å². The van der Waals surface area contributed by atoms with Crippen LogP contribution >= 0.6 is 22.7 Å². The van der Waals surface area contributed by atoms with Gasteiger partial charge in [-0.25, -0.2) is 4.98 Å². The molecule has 14 heteroatoms. The summed E-state index contributed by atoms with van der Waals surface area (Å²) in [5.74, 6) is -0.299. The highest BCUT2D eigenvalue weighted by atomic mass is 32.1. The molecule has 0 spiro atoms. The third-order valence-electron chi connectivity index (χ3n) is 5.90. The van der Waals surface area contributed by atoms with E-state index in [2.05, 4.69) is 25.7 Å². The molecule has 4 aromatic rings. The number of carbonyl (C=O) groups excluding carboxylic acids is 2. The smallest absolute Gasteiger partial charge is 0.360 e. The number of carbonyl (C=O) groups is 2. The van der Waals surface area contributed by atoms with Gasteiger partial charge in [-0.3, -0.25) is 14.9 Å². The summed E-state index contributed by atoms with van der Waals surface area (Å²) >= 11 is 1.55. The summed E-state index contributed by atoms with van der Waals surface area (Å²) in [6, 6.07) is 9.37. The molecule has 4 heterocycles. The molecular weight excluding hydrogens is 529 g/mol. The normalized spacial score (nSPS) is 14.6. The number of alkyl halides is 3. The fourth-order valence-electron chi connectivity index (χ4n) is 4.03. The topological polar surface area (TPSA) is 114 Å². The van der Waals surface area contributed by atoms with Gasteiger partial charge in [-0.1, -0.05) is 46.8 Å². The number of anilines is 1. The van der Waals surface area contributed by atoms with E-state index in [1.54, 1.807) is 17.2 Å². The van der Waals surface area contributed by atoms with Crippen LogP contribution in [0.3, 0.4) is 0 Å². The third kappa shape index (κ3) is 5.25. The van der Waals surface area contributed by atoms with Crippen LogP contribution in [0.1, 0.15) is 55.4 Å². The van der Waals surface area contributed by atoms with Crippen LogP contribution in [-0.2, 0) is 6.18 Å². The number of piperidine rings is 1. The quantitative estimate of drug-likeness (QED) is 0.362. The molecule has 5 rings (SSSR count). The zero-order valence-corrected chi connectivity index (χ0v) is 20.9. The summed E-state index contributed by atoms with van der Waals surface area (Å²) in [6.45, 7) is 2.70. The van der Waals surface area contributed by atoms with Gasteiger partial charge in [0, 0.05) is 30.0 Å². The highest BCUT2D eigenvalue weighted by Crippen LogP contribution is 2.34. The van der Waals surface area contributed by atoms with Crippen molar-refractivity contribution in [3.8, 4) is 11.3 Å². The molecule has 9 nitrogen and oxygen atoms in total. The molecule has 1 fully saturated rings. The van der Waals surface area contributed by atoms with Gasteiger partial charge in [-0.15, -0.1) is 21.5 Å². The Labute approximate surface area is 216 Å².